The van der Waals surface area contributed by atoms with Gasteiger partial charge in [0.15, 0.2) is 11.1 Å². The van der Waals surface area contributed by atoms with Crippen molar-refractivity contribution in [1.29, 1.82) is 0 Å². The molecule has 1 saturated carbocycles. The highest BCUT2D eigenvalue weighted by Gasteiger charge is 2.33. The normalized spacial score (nSPS) is 19.4. The van der Waals surface area contributed by atoms with Crippen LogP contribution in [0.3, 0.4) is 0 Å². The summed E-state index contributed by atoms with van der Waals surface area (Å²) >= 11 is 1.78. The largest absolute Gasteiger partial charge is 0.382 e. The monoisotopic (exact) mass is 407 g/mol. The maximum atomic E-state index is 5.62. The Balaban J connectivity index is 1.40. The number of hydrogen-bond acceptors (Lipinski definition) is 5. The van der Waals surface area contributed by atoms with Crippen molar-refractivity contribution in [3.63, 3.8) is 0 Å². The third-order valence-corrected chi connectivity index (χ3v) is 7.04. The maximum absolute atomic E-state index is 5.62. The highest BCUT2D eigenvalue weighted by molar-refractivity contribution is 7.13. The number of guanidine groups is 1. The van der Waals surface area contributed by atoms with E-state index in [1.165, 1.54) is 49.4 Å². The van der Waals surface area contributed by atoms with E-state index in [1.807, 2.05) is 7.05 Å². The van der Waals surface area contributed by atoms with Crippen LogP contribution >= 0.6 is 11.3 Å². The van der Waals surface area contributed by atoms with Gasteiger partial charge in [0.25, 0.3) is 0 Å². The Labute approximate surface area is 174 Å². The SMILES string of the molecule is CCOCCC1(CNC(=NC)NCCc2csc(N3CCCC3)n2)CCCC1. The van der Waals surface area contributed by atoms with E-state index in [0.717, 1.165) is 58.2 Å². The second-order valence-electron chi connectivity index (χ2n) is 8.07. The first-order chi connectivity index (χ1) is 13.7. The van der Waals surface area contributed by atoms with Crippen LogP contribution in [-0.2, 0) is 11.2 Å². The average molecular weight is 408 g/mol. The van der Waals surface area contributed by atoms with Gasteiger partial charge in [-0.1, -0.05) is 12.8 Å². The van der Waals surface area contributed by atoms with Crippen LogP contribution in [0, 0.1) is 5.41 Å². The zero-order valence-corrected chi connectivity index (χ0v) is 18.5. The molecule has 0 amide bonds. The third-order valence-electron chi connectivity index (χ3n) is 6.09. The van der Waals surface area contributed by atoms with Gasteiger partial charge in [-0.25, -0.2) is 4.98 Å². The molecule has 2 aliphatic rings. The molecule has 7 heteroatoms. The van der Waals surface area contributed by atoms with Crippen molar-refractivity contribution < 1.29 is 4.74 Å². The molecule has 1 saturated heterocycles. The van der Waals surface area contributed by atoms with E-state index in [2.05, 4.69) is 32.8 Å². The number of rotatable bonds is 10. The van der Waals surface area contributed by atoms with Crippen molar-refractivity contribution in [3.8, 4) is 0 Å². The molecule has 2 fully saturated rings. The van der Waals surface area contributed by atoms with Crippen molar-refractivity contribution in [2.45, 2.75) is 58.3 Å². The Hall–Kier alpha value is -1.34. The molecule has 6 nitrogen and oxygen atoms in total. The van der Waals surface area contributed by atoms with Crippen molar-refractivity contribution in [2.24, 2.45) is 10.4 Å². The Kier molecular flexibility index (Phi) is 8.40. The van der Waals surface area contributed by atoms with Crippen LogP contribution in [0.4, 0.5) is 5.13 Å². The van der Waals surface area contributed by atoms with Crippen LogP contribution in [0.5, 0.6) is 0 Å². The summed E-state index contributed by atoms with van der Waals surface area (Å²) in [5.74, 6) is 0.901. The molecule has 0 atom stereocenters. The highest BCUT2D eigenvalue weighted by atomic mass is 32.1. The molecule has 3 rings (SSSR count). The zero-order chi connectivity index (χ0) is 19.7. The second-order valence-corrected chi connectivity index (χ2v) is 8.91. The third kappa shape index (κ3) is 6.08. The molecule has 0 radical (unpaired) electrons. The van der Waals surface area contributed by atoms with Gasteiger partial charge in [-0.15, -0.1) is 11.3 Å². The number of hydrogen-bond donors (Lipinski definition) is 2. The Morgan fingerprint density at radius 2 is 2.04 bits per heavy atom. The maximum Gasteiger partial charge on any atom is 0.191 e. The molecule has 2 heterocycles. The molecular formula is C21H37N5OS. The van der Waals surface area contributed by atoms with Gasteiger partial charge in [0, 0.05) is 58.2 Å². The van der Waals surface area contributed by atoms with Gasteiger partial charge in [-0.2, -0.15) is 0 Å². The van der Waals surface area contributed by atoms with Crippen LogP contribution in [0.1, 0.15) is 57.6 Å². The number of aromatic nitrogens is 1. The Morgan fingerprint density at radius 3 is 2.75 bits per heavy atom. The van der Waals surface area contributed by atoms with E-state index in [1.54, 1.807) is 11.3 Å². The number of ether oxygens (including phenoxy) is 1. The first-order valence-corrected chi connectivity index (χ1v) is 11.8. The number of aliphatic imine (C=N–C) groups is 1. The molecule has 0 aromatic carbocycles. The zero-order valence-electron chi connectivity index (χ0n) is 17.6. The second kappa shape index (κ2) is 11.0. The quantitative estimate of drug-likeness (QED) is 0.353. The lowest BCUT2D eigenvalue weighted by Crippen LogP contribution is -2.44. The Bertz CT molecular complexity index is 606. The first-order valence-electron chi connectivity index (χ1n) is 11.0. The van der Waals surface area contributed by atoms with E-state index in [-0.39, 0.29) is 0 Å². The van der Waals surface area contributed by atoms with Crippen molar-refractivity contribution in [1.82, 2.24) is 15.6 Å². The fourth-order valence-corrected chi connectivity index (χ4v) is 5.25. The molecule has 0 spiro atoms. The van der Waals surface area contributed by atoms with Gasteiger partial charge in [-0.05, 0) is 44.4 Å². The lowest BCUT2D eigenvalue weighted by Gasteiger charge is -2.30. The van der Waals surface area contributed by atoms with Crippen LogP contribution in [0.2, 0.25) is 0 Å². The smallest absolute Gasteiger partial charge is 0.191 e. The molecular weight excluding hydrogens is 370 g/mol. The summed E-state index contributed by atoms with van der Waals surface area (Å²) in [5, 5.41) is 10.4. The minimum Gasteiger partial charge on any atom is -0.382 e. The topological polar surface area (TPSA) is 61.8 Å². The van der Waals surface area contributed by atoms with Gasteiger partial charge in [0.1, 0.15) is 0 Å². The molecule has 0 bridgehead atoms. The van der Waals surface area contributed by atoms with Gasteiger partial charge in [-0.3, -0.25) is 4.99 Å². The summed E-state index contributed by atoms with van der Waals surface area (Å²) in [7, 11) is 1.85. The molecule has 28 heavy (non-hydrogen) atoms. The predicted molar refractivity (Wildman–Crippen MR) is 119 cm³/mol. The highest BCUT2D eigenvalue weighted by Crippen LogP contribution is 2.40. The minimum atomic E-state index is 0.367. The minimum absolute atomic E-state index is 0.367. The van der Waals surface area contributed by atoms with E-state index in [4.69, 9.17) is 9.72 Å². The molecule has 1 aromatic rings. The Morgan fingerprint density at radius 1 is 1.25 bits per heavy atom. The fourth-order valence-electron chi connectivity index (χ4n) is 4.34. The van der Waals surface area contributed by atoms with E-state index >= 15 is 0 Å². The van der Waals surface area contributed by atoms with Crippen LogP contribution in [0.15, 0.2) is 10.4 Å². The van der Waals surface area contributed by atoms with Crippen LogP contribution in [-0.4, -0.2) is 57.4 Å². The summed E-state index contributed by atoms with van der Waals surface area (Å²) in [6.45, 7) is 7.90. The summed E-state index contributed by atoms with van der Waals surface area (Å²) in [4.78, 5) is 11.6. The van der Waals surface area contributed by atoms with E-state index in [0.29, 0.717) is 5.41 Å². The molecule has 2 N–H and O–H groups in total. The first kappa shape index (κ1) is 21.4. The van der Waals surface area contributed by atoms with Crippen LogP contribution in [0.25, 0.3) is 0 Å². The van der Waals surface area contributed by atoms with Gasteiger partial charge < -0.3 is 20.3 Å². The molecule has 0 unspecified atom stereocenters. The van der Waals surface area contributed by atoms with Gasteiger partial charge >= 0.3 is 0 Å². The van der Waals surface area contributed by atoms with E-state index < -0.39 is 0 Å². The standard InChI is InChI=1S/C21H37N5OS/c1-3-27-15-11-21(9-4-5-10-21)17-24-19(22-2)23-12-8-18-16-28-20(25-18)26-13-6-7-14-26/h16H,3-15,17H2,1-2H3,(H2,22,23,24). The average Bonchev–Trinajstić information content (AvgIpc) is 3.46. The summed E-state index contributed by atoms with van der Waals surface area (Å²) in [6, 6.07) is 0. The molecule has 1 aliphatic heterocycles. The summed E-state index contributed by atoms with van der Waals surface area (Å²) < 4.78 is 5.62. The van der Waals surface area contributed by atoms with Gasteiger partial charge in [0.2, 0.25) is 0 Å². The molecule has 1 aliphatic carbocycles. The number of anilines is 1. The van der Waals surface area contributed by atoms with Crippen molar-refractivity contribution >= 4 is 22.4 Å². The number of nitrogens with zero attached hydrogens (tertiary/aromatic N) is 3. The van der Waals surface area contributed by atoms with E-state index in [9.17, 15) is 0 Å². The van der Waals surface area contributed by atoms with Crippen molar-refractivity contribution in [3.05, 3.63) is 11.1 Å². The van der Waals surface area contributed by atoms with Gasteiger partial charge in [0.05, 0.1) is 5.69 Å². The summed E-state index contributed by atoms with van der Waals surface area (Å²) in [5.41, 5.74) is 1.55. The van der Waals surface area contributed by atoms with Crippen molar-refractivity contribution in [2.75, 3.05) is 51.3 Å². The lowest BCUT2D eigenvalue weighted by molar-refractivity contribution is 0.105. The summed E-state index contributed by atoms with van der Waals surface area (Å²) in [6.07, 6.45) is 9.93. The number of nitrogens with one attached hydrogen (secondary N) is 2. The fraction of sp³-hybridized carbons (Fsp3) is 0.810. The molecule has 158 valence electrons. The van der Waals surface area contributed by atoms with Crippen LogP contribution < -0.4 is 15.5 Å². The lowest BCUT2D eigenvalue weighted by atomic mass is 9.83. The predicted octanol–water partition coefficient (Wildman–Crippen LogP) is 3.44. The molecule has 1 aromatic heterocycles. The number of thiazole rings is 1.